The van der Waals surface area contributed by atoms with Crippen LogP contribution >= 0.6 is 11.3 Å². The highest BCUT2D eigenvalue weighted by atomic mass is 32.1. The van der Waals surface area contributed by atoms with Gasteiger partial charge in [0.15, 0.2) is 12.4 Å². The number of nitrogens with zero attached hydrogens (tertiary/aromatic N) is 4. The summed E-state index contributed by atoms with van der Waals surface area (Å²) < 4.78 is 8.08. The number of fused-ring (bicyclic) bond motifs is 1. The second kappa shape index (κ2) is 6.82. The summed E-state index contributed by atoms with van der Waals surface area (Å²) in [6.07, 6.45) is 0. The first kappa shape index (κ1) is 15.5. The maximum Gasteiger partial charge on any atom is 0.348 e. The van der Waals surface area contributed by atoms with E-state index < -0.39 is 0 Å². The lowest BCUT2D eigenvalue weighted by Crippen LogP contribution is -2.11. The van der Waals surface area contributed by atoms with Crippen molar-refractivity contribution in [3.63, 3.8) is 0 Å². The highest BCUT2D eigenvalue weighted by Crippen LogP contribution is 2.25. The van der Waals surface area contributed by atoms with Crippen molar-refractivity contribution in [3.05, 3.63) is 76.9 Å². The molecule has 0 aliphatic rings. The molecule has 0 fully saturated rings. The molecular formula is C18H14N4O2S. The Morgan fingerprint density at radius 1 is 1.08 bits per heavy atom. The van der Waals surface area contributed by atoms with Crippen molar-refractivity contribution < 1.29 is 9.53 Å². The Bertz CT molecular complexity index is 977. The number of aromatic nitrogens is 4. The van der Waals surface area contributed by atoms with E-state index in [4.69, 9.17) is 4.74 Å². The predicted molar refractivity (Wildman–Crippen MR) is 94.3 cm³/mol. The smallest absolute Gasteiger partial charge is 0.348 e. The van der Waals surface area contributed by atoms with Crippen molar-refractivity contribution in [2.75, 3.05) is 0 Å². The second-order valence-electron chi connectivity index (χ2n) is 5.46. The molecule has 7 heteroatoms. The van der Waals surface area contributed by atoms with E-state index in [0.29, 0.717) is 17.2 Å². The molecule has 2 aromatic heterocycles. The van der Waals surface area contributed by atoms with Crippen LogP contribution in [0.5, 0.6) is 0 Å². The lowest BCUT2D eigenvalue weighted by molar-refractivity contribution is 0.0463. The Kier molecular flexibility index (Phi) is 4.22. The zero-order chi connectivity index (χ0) is 17.1. The van der Waals surface area contributed by atoms with Crippen LogP contribution in [0.3, 0.4) is 0 Å². The minimum Gasteiger partial charge on any atom is -0.453 e. The topological polar surface area (TPSA) is 69.9 Å². The molecule has 0 spiro atoms. The van der Waals surface area contributed by atoms with Gasteiger partial charge < -0.3 is 4.74 Å². The molecular weight excluding hydrogens is 336 g/mol. The van der Waals surface area contributed by atoms with Crippen molar-refractivity contribution in [1.29, 1.82) is 0 Å². The van der Waals surface area contributed by atoms with E-state index in [1.54, 1.807) is 4.68 Å². The second-order valence-corrected chi connectivity index (χ2v) is 6.55. The standard InChI is InChI=1S/C18H14N4O2S/c23-18(16-10-14-8-4-5-9-15(14)25-16)24-12-17-19-20-21-22(17)11-13-6-2-1-3-7-13/h1-10H,11-12H2. The minimum absolute atomic E-state index is 0.0346. The zero-order valence-electron chi connectivity index (χ0n) is 13.2. The number of thiophene rings is 1. The Balaban J connectivity index is 1.44. The lowest BCUT2D eigenvalue weighted by Gasteiger charge is -2.05. The molecule has 0 aliphatic carbocycles. The molecule has 2 heterocycles. The predicted octanol–water partition coefficient (Wildman–Crippen LogP) is 3.29. The van der Waals surface area contributed by atoms with Gasteiger partial charge in [-0.2, -0.15) is 0 Å². The fourth-order valence-electron chi connectivity index (χ4n) is 2.49. The van der Waals surface area contributed by atoms with E-state index in [-0.39, 0.29) is 12.6 Å². The van der Waals surface area contributed by atoms with E-state index in [9.17, 15) is 4.79 Å². The Morgan fingerprint density at radius 2 is 1.88 bits per heavy atom. The van der Waals surface area contributed by atoms with Crippen molar-refractivity contribution in [1.82, 2.24) is 20.2 Å². The summed E-state index contributed by atoms with van der Waals surface area (Å²) in [5.74, 6) is 0.147. The molecule has 0 N–H and O–H groups in total. The Morgan fingerprint density at radius 3 is 2.72 bits per heavy atom. The van der Waals surface area contributed by atoms with Gasteiger partial charge in [-0.25, -0.2) is 9.48 Å². The highest BCUT2D eigenvalue weighted by Gasteiger charge is 2.14. The van der Waals surface area contributed by atoms with Gasteiger partial charge in [0.2, 0.25) is 0 Å². The number of tetrazole rings is 1. The molecule has 0 aliphatic heterocycles. The SMILES string of the molecule is O=C(OCc1nnnn1Cc1ccccc1)c1cc2ccccc2s1. The van der Waals surface area contributed by atoms with E-state index in [0.717, 1.165) is 15.6 Å². The summed E-state index contributed by atoms with van der Waals surface area (Å²) in [5.41, 5.74) is 1.08. The number of rotatable bonds is 5. The van der Waals surface area contributed by atoms with E-state index in [2.05, 4.69) is 15.5 Å². The highest BCUT2D eigenvalue weighted by molar-refractivity contribution is 7.20. The van der Waals surface area contributed by atoms with E-state index in [1.807, 2.05) is 60.7 Å². The van der Waals surface area contributed by atoms with Gasteiger partial charge in [0, 0.05) is 4.70 Å². The van der Waals surface area contributed by atoms with Crippen molar-refractivity contribution in [2.45, 2.75) is 13.2 Å². The number of ether oxygens (including phenoxy) is 1. The van der Waals surface area contributed by atoms with Crippen LogP contribution in [0, 0.1) is 0 Å². The van der Waals surface area contributed by atoms with Crippen molar-refractivity contribution >= 4 is 27.4 Å². The number of esters is 1. The average molecular weight is 350 g/mol. The maximum atomic E-state index is 12.3. The van der Waals surface area contributed by atoms with Crippen LogP contribution in [0.25, 0.3) is 10.1 Å². The lowest BCUT2D eigenvalue weighted by atomic mass is 10.2. The fraction of sp³-hybridized carbons (Fsp3) is 0.111. The number of hydrogen-bond acceptors (Lipinski definition) is 6. The Labute approximate surface area is 147 Å². The van der Waals surface area contributed by atoms with Crippen molar-refractivity contribution in [2.24, 2.45) is 0 Å². The molecule has 0 atom stereocenters. The monoisotopic (exact) mass is 350 g/mol. The zero-order valence-corrected chi connectivity index (χ0v) is 14.0. The third-order valence-electron chi connectivity index (χ3n) is 3.74. The van der Waals surface area contributed by atoms with Crippen LogP contribution in [0.15, 0.2) is 60.7 Å². The van der Waals surface area contributed by atoms with Crippen LogP contribution in [0.4, 0.5) is 0 Å². The summed E-state index contributed by atoms with van der Waals surface area (Å²) in [6, 6.07) is 19.6. The normalized spacial score (nSPS) is 10.9. The summed E-state index contributed by atoms with van der Waals surface area (Å²) >= 11 is 1.42. The molecule has 0 amide bonds. The first-order valence-corrected chi connectivity index (χ1v) is 8.56. The molecule has 4 rings (SSSR count). The van der Waals surface area contributed by atoms with Gasteiger partial charge in [-0.1, -0.05) is 48.5 Å². The largest absolute Gasteiger partial charge is 0.453 e. The van der Waals surface area contributed by atoms with Gasteiger partial charge in [0.05, 0.1) is 6.54 Å². The number of hydrogen-bond donors (Lipinski definition) is 0. The summed E-state index contributed by atoms with van der Waals surface area (Å²) in [7, 11) is 0. The van der Waals surface area contributed by atoms with Crippen LogP contribution in [-0.4, -0.2) is 26.2 Å². The molecule has 2 aromatic carbocycles. The first-order valence-electron chi connectivity index (χ1n) is 7.74. The van der Waals surface area contributed by atoms with Crippen LogP contribution in [-0.2, 0) is 17.9 Å². The third kappa shape index (κ3) is 3.41. The molecule has 4 aromatic rings. The van der Waals surface area contributed by atoms with Gasteiger partial charge in [0.25, 0.3) is 0 Å². The van der Waals surface area contributed by atoms with Crippen LogP contribution in [0.1, 0.15) is 21.1 Å². The fourth-order valence-corrected chi connectivity index (χ4v) is 3.45. The van der Waals surface area contributed by atoms with Crippen molar-refractivity contribution in [3.8, 4) is 0 Å². The number of benzene rings is 2. The van der Waals surface area contributed by atoms with Crippen LogP contribution < -0.4 is 0 Å². The molecule has 124 valence electrons. The summed E-state index contributed by atoms with van der Waals surface area (Å²) in [5, 5.41) is 12.6. The van der Waals surface area contributed by atoms with E-state index in [1.165, 1.54) is 11.3 Å². The van der Waals surface area contributed by atoms with Gasteiger partial charge >= 0.3 is 5.97 Å². The van der Waals surface area contributed by atoms with Gasteiger partial charge in [-0.15, -0.1) is 16.4 Å². The van der Waals surface area contributed by atoms with Crippen LogP contribution in [0.2, 0.25) is 0 Å². The molecule has 0 bridgehead atoms. The third-order valence-corrected chi connectivity index (χ3v) is 4.84. The molecule has 25 heavy (non-hydrogen) atoms. The summed E-state index contributed by atoms with van der Waals surface area (Å²) in [6.45, 7) is 0.566. The quantitative estimate of drug-likeness (QED) is 0.517. The van der Waals surface area contributed by atoms with Gasteiger partial charge in [0.1, 0.15) is 4.88 Å². The van der Waals surface area contributed by atoms with Gasteiger partial charge in [-0.3, -0.25) is 0 Å². The molecule has 0 unspecified atom stereocenters. The molecule has 0 saturated carbocycles. The average Bonchev–Trinajstić information content (AvgIpc) is 3.27. The Hall–Kier alpha value is -3.06. The maximum absolute atomic E-state index is 12.3. The molecule has 0 saturated heterocycles. The molecule has 6 nitrogen and oxygen atoms in total. The number of carbonyl (C=O) groups excluding carboxylic acids is 1. The van der Waals surface area contributed by atoms with Gasteiger partial charge in [-0.05, 0) is 33.5 Å². The molecule has 0 radical (unpaired) electrons. The van der Waals surface area contributed by atoms with E-state index >= 15 is 0 Å². The first-order chi connectivity index (χ1) is 12.3. The minimum atomic E-state index is -0.365. The summed E-state index contributed by atoms with van der Waals surface area (Å²) in [4.78, 5) is 12.9. The number of carbonyl (C=O) groups is 1.